The molecule has 0 spiro atoms. The van der Waals surface area contributed by atoms with Gasteiger partial charge in [-0.05, 0) is 31.7 Å². The lowest BCUT2D eigenvalue weighted by Gasteiger charge is -2.31. The quantitative estimate of drug-likeness (QED) is 0.748. The Hall–Kier alpha value is -0.570. The zero-order chi connectivity index (χ0) is 12.7. The maximum absolute atomic E-state index is 12.2. The van der Waals surface area contributed by atoms with E-state index in [-0.39, 0.29) is 11.8 Å². The first-order valence-corrected chi connectivity index (χ1v) is 7.20. The fourth-order valence-corrected chi connectivity index (χ4v) is 2.45. The summed E-state index contributed by atoms with van der Waals surface area (Å²) in [6.07, 6.45) is 5.49. The fraction of sp³-hybridized carbons (Fsp3) is 0.929. The Morgan fingerprint density at radius 2 is 2.24 bits per heavy atom. The van der Waals surface area contributed by atoms with E-state index in [0.717, 1.165) is 38.8 Å². The van der Waals surface area contributed by atoms with Gasteiger partial charge in [0.2, 0.25) is 5.91 Å². The van der Waals surface area contributed by atoms with Crippen molar-refractivity contribution in [3.8, 4) is 0 Å². The molecule has 1 aliphatic rings. The van der Waals surface area contributed by atoms with E-state index in [1.807, 2.05) is 0 Å². The molecule has 3 atom stereocenters. The average molecular weight is 240 g/mol. The second-order valence-electron chi connectivity index (χ2n) is 5.33. The summed E-state index contributed by atoms with van der Waals surface area (Å²) >= 11 is 0. The van der Waals surface area contributed by atoms with Crippen LogP contribution in [-0.2, 0) is 4.79 Å². The molecule has 0 bridgehead atoms. The first kappa shape index (κ1) is 14.5. The van der Waals surface area contributed by atoms with Gasteiger partial charge in [0.15, 0.2) is 0 Å². The molecule has 1 saturated heterocycles. The molecule has 2 N–H and O–H groups in total. The highest BCUT2D eigenvalue weighted by Crippen LogP contribution is 2.16. The fourth-order valence-electron chi connectivity index (χ4n) is 2.45. The summed E-state index contributed by atoms with van der Waals surface area (Å²) in [6.45, 7) is 8.54. The summed E-state index contributed by atoms with van der Waals surface area (Å²) in [6, 6.07) is 0.326. The number of carbonyl (C=O) groups excluding carboxylic acids is 1. The van der Waals surface area contributed by atoms with Crippen molar-refractivity contribution in [2.45, 2.75) is 58.9 Å². The molecule has 0 aliphatic carbocycles. The van der Waals surface area contributed by atoms with E-state index in [1.165, 1.54) is 6.42 Å². The van der Waals surface area contributed by atoms with Gasteiger partial charge in [0.25, 0.3) is 0 Å². The van der Waals surface area contributed by atoms with Crippen molar-refractivity contribution in [3.05, 3.63) is 0 Å². The highest BCUT2D eigenvalue weighted by atomic mass is 16.1. The summed E-state index contributed by atoms with van der Waals surface area (Å²) in [7, 11) is 0. The minimum Gasteiger partial charge on any atom is -0.352 e. The Bertz CT molecular complexity index is 230. The molecule has 3 nitrogen and oxygen atoms in total. The molecule has 100 valence electrons. The maximum atomic E-state index is 12.2. The van der Waals surface area contributed by atoms with Crippen LogP contribution in [-0.4, -0.2) is 25.0 Å². The van der Waals surface area contributed by atoms with Crippen LogP contribution >= 0.6 is 0 Å². The van der Waals surface area contributed by atoms with Gasteiger partial charge in [-0.2, -0.15) is 0 Å². The van der Waals surface area contributed by atoms with E-state index in [2.05, 4.69) is 31.4 Å². The Morgan fingerprint density at radius 1 is 1.47 bits per heavy atom. The van der Waals surface area contributed by atoms with Crippen LogP contribution in [0.2, 0.25) is 0 Å². The van der Waals surface area contributed by atoms with Crippen molar-refractivity contribution in [2.24, 2.45) is 11.8 Å². The average Bonchev–Trinajstić information content (AvgIpc) is 2.33. The second kappa shape index (κ2) is 7.70. The van der Waals surface area contributed by atoms with Crippen LogP contribution in [0.3, 0.4) is 0 Å². The Balaban J connectivity index is 2.39. The molecule has 1 heterocycles. The van der Waals surface area contributed by atoms with E-state index >= 15 is 0 Å². The van der Waals surface area contributed by atoms with E-state index in [4.69, 9.17) is 0 Å². The van der Waals surface area contributed by atoms with Crippen LogP contribution in [0.1, 0.15) is 52.9 Å². The third-order valence-corrected chi connectivity index (χ3v) is 3.92. The minimum atomic E-state index is 0.212. The number of nitrogens with one attached hydrogen (secondary N) is 2. The van der Waals surface area contributed by atoms with Crippen LogP contribution in [0.15, 0.2) is 0 Å². The summed E-state index contributed by atoms with van der Waals surface area (Å²) in [5.41, 5.74) is 0. The van der Waals surface area contributed by atoms with Crippen LogP contribution < -0.4 is 10.6 Å². The van der Waals surface area contributed by atoms with Gasteiger partial charge in [0.1, 0.15) is 0 Å². The van der Waals surface area contributed by atoms with Crippen LogP contribution in [0.25, 0.3) is 0 Å². The van der Waals surface area contributed by atoms with Crippen LogP contribution in [0.4, 0.5) is 0 Å². The van der Waals surface area contributed by atoms with Gasteiger partial charge in [0.05, 0.1) is 0 Å². The first-order chi connectivity index (χ1) is 8.19. The van der Waals surface area contributed by atoms with Gasteiger partial charge in [-0.15, -0.1) is 0 Å². The van der Waals surface area contributed by atoms with Crippen molar-refractivity contribution < 1.29 is 4.79 Å². The SMILES string of the molecule is CCCCC(CC)C(=O)NC1CNCCC1C. The molecule has 0 radical (unpaired) electrons. The van der Waals surface area contributed by atoms with Gasteiger partial charge < -0.3 is 10.6 Å². The van der Waals surface area contributed by atoms with E-state index in [0.29, 0.717) is 12.0 Å². The summed E-state index contributed by atoms with van der Waals surface area (Å²) < 4.78 is 0. The summed E-state index contributed by atoms with van der Waals surface area (Å²) in [4.78, 5) is 12.2. The van der Waals surface area contributed by atoms with Crippen molar-refractivity contribution in [1.29, 1.82) is 0 Å². The number of amides is 1. The highest BCUT2D eigenvalue weighted by molar-refractivity contribution is 5.78. The predicted molar refractivity (Wildman–Crippen MR) is 71.9 cm³/mol. The lowest BCUT2D eigenvalue weighted by molar-refractivity contribution is -0.126. The monoisotopic (exact) mass is 240 g/mol. The molecule has 0 aromatic heterocycles. The normalized spacial score (nSPS) is 26.5. The Labute approximate surface area is 106 Å². The first-order valence-electron chi connectivity index (χ1n) is 7.20. The molecule has 3 unspecified atom stereocenters. The maximum Gasteiger partial charge on any atom is 0.223 e. The lowest BCUT2D eigenvalue weighted by Crippen LogP contribution is -2.51. The van der Waals surface area contributed by atoms with Crippen molar-refractivity contribution >= 4 is 5.91 Å². The molecular formula is C14H28N2O. The third-order valence-electron chi connectivity index (χ3n) is 3.92. The van der Waals surface area contributed by atoms with Gasteiger partial charge in [-0.1, -0.05) is 33.6 Å². The van der Waals surface area contributed by atoms with Crippen molar-refractivity contribution in [3.63, 3.8) is 0 Å². The predicted octanol–water partition coefficient (Wildman–Crippen LogP) is 2.32. The topological polar surface area (TPSA) is 41.1 Å². The zero-order valence-corrected chi connectivity index (χ0v) is 11.6. The molecule has 1 aliphatic heterocycles. The molecule has 1 fully saturated rings. The van der Waals surface area contributed by atoms with E-state index < -0.39 is 0 Å². The molecule has 1 amide bonds. The largest absolute Gasteiger partial charge is 0.352 e. The second-order valence-corrected chi connectivity index (χ2v) is 5.33. The van der Waals surface area contributed by atoms with Gasteiger partial charge in [-0.3, -0.25) is 4.79 Å². The number of hydrogen-bond acceptors (Lipinski definition) is 2. The highest BCUT2D eigenvalue weighted by Gasteiger charge is 2.25. The van der Waals surface area contributed by atoms with E-state index in [1.54, 1.807) is 0 Å². The molecule has 0 aromatic rings. The summed E-state index contributed by atoms with van der Waals surface area (Å²) in [5, 5.41) is 6.58. The van der Waals surface area contributed by atoms with Gasteiger partial charge >= 0.3 is 0 Å². The molecule has 17 heavy (non-hydrogen) atoms. The standard InChI is InChI=1S/C14H28N2O/c1-4-6-7-12(5-2)14(17)16-13-10-15-9-8-11(13)3/h11-13,15H,4-10H2,1-3H3,(H,16,17). The summed E-state index contributed by atoms with van der Waals surface area (Å²) in [5.74, 6) is 1.08. The molecule has 0 saturated carbocycles. The van der Waals surface area contributed by atoms with Gasteiger partial charge in [-0.25, -0.2) is 0 Å². The zero-order valence-electron chi connectivity index (χ0n) is 11.6. The van der Waals surface area contributed by atoms with Crippen LogP contribution in [0.5, 0.6) is 0 Å². The number of rotatable bonds is 6. The Kier molecular flexibility index (Phi) is 6.56. The number of unbranched alkanes of at least 4 members (excludes halogenated alkanes) is 1. The molecule has 0 aromatic carbocycles. The lowest BCUT2D eigenvalue weighted by atomic mass is 9.92. The molecule has 3 heteroatoms. The third kappa shape index (κ3) is 4.66. The number of hydrogen-bond donors (Lipinski definition) is 2. The van der Waals surface area contributed by atoms with Gasteiger partial charge in [0, 0.05) is 18.5 Å². The Morgan fingerprint density at radius 3 is 2.82 bits per heavy atom. The van der Waals surface area contributed by atoms with Crippen molar-refractivity contribution in [2.75, 3.05) is 13.1 Å². The minimum absolute atomic E-state index is 0.212. The number of piperidine rings is 1. The number of carbonyl (C=O) groups is 1. The smallest absolute Gasteiger partial charge is 0.223 e. The van der Waals surface area contributed by atoms with Crippen LogP contribution in [0, 0.1) is 11.8 Å². The molecule has 1 rings (SSSR count). The molecular weight excluding hydrogens is 212 g/mol. The van der Waals surface area contributed by atoms with E-state index in [9.17, 15) is 4.79 Å². The van der Waals surface area contributed by atoms with Crippen molar-refractivity contribution in [1.82, 2.24) is 10.6 Å².